The summed E-state index contributed by atoms with van der Waals surface area (Å²) in [5.41, 5.74) is 0.543. The zero-order valence-electron chi connectivity index (χ0n) is 12.5. The van der Waals surface area contributed by atoms with Gasteiger partial charge in [0.2, 0.25) is 0 Å². The summed E-state index contributed by atoms with van der Waals surface area (Å²) in [6.07, 6.45) is 4.65. The van der Waals surface area contributed by atoms with Gasteiger partial charge in [0.05, 0.1) is 0 Å². The second-order valence-corrected chi connectivity index (χ2v) is 6.93. The van der Waals surface area contributed by atoms with Crippen molar-refractivity contribution < 1.29 is 24.2 Å². The highest BCUT2D eigenvalue weighted by atomic mass is 16.8. The maximum absolute atomic E-state index is 11.3. The van der Waals surface area contributed by atoms with Crippen molar-refractivity contribution in [3.05, 3.63) is 11.6 Å². The molecule has 0 radical (unpaired) electrons. The molecule has 0 aromatic heterocycles. The topological polar surface area (TPSA) is 91.0 Å². The van der Waals surface area contributed by atoms with E-state index in [2.05, 4.69) is 10.9 Å². The van der Waals surface area contributed by atoms with E-state index in [0.29, 0.717) is 11.8 Å². The van der Waals surface area contributed by atoms with Crippen molar-refractivity contribution in [2.75, 3.05) is 6.79 Å². The summed E-state index contributed by atoms with van der Waals surface area (Å²) in [5.74, 6) is 5.47. The first-order valence-electron chi connectivity index (χ1n) is 7.41. The zero-order chi connectivity index (χ0) is 15.3. The van der Waals surface area contributed by atoms with Crippen molar-refractivity contribution in [2.45, 2.75) is 51.4 Å². The van der Waals surface area contributed by atoms with E-state index in [1.807, 2.05) is 6.92 Å². The van der Waals surface area contributed by atoms with Gasteiger partial charge in [-0.2, -0.15) is 0 Å². The van der Waals surface area contributed by atoms with Crippen molar-refractivity contribution in [2.24, 2.45) is 23.1 Å². The molecule has 118 valence electrons. The molecule has 0 heterocycles. The van der Waals surface area contributed by atoms with Crippen LogP contribution in [0.1, 0.15) is 39.5 Å². The number of carbonyl (C=O) groups is 1. The molecule has 5 unspecified atom stereocenters. The lowest BCUT2D eigenvalue weighted by molar-refractivity contribution is -0.212. The molecule has 2 bridgehead atoms. The Hall–Kier alpha value is -0.950. The lowest BCUT2D eigenvalue weighted by Crippen LogP contribution is -2.50. The van der Waals surface area contributed by atoms with E-state index in [4.69, 9.17) is 15.4 Å². The lowest BCUT2D eigenvalue weighted by Gasteiger charge is -2.48. The number of aliphatic hydroxyl groups is 1. The van der Waals surface area contributed by atoms with Crippen molar-refractivity contribution in [1.82, 2.24) is 0 Å². The largest absolute Gasteiger partial charge is 0.458 e. The lowest BCUT2D eigenvalue weighted by atomic mass is 9.64. The van der Waals surface area contributed by atoms with Gasteiger partial charge in [0.15, 0.2) is 13.1 Å². The minimum absolute atomic E-state index is 0.134. The summed E-state index contributed by atoms with van der Waals surface area (Å²) in [6, 6.07) is 0. The van der Waals surface area contributed by atoms with Crippen LogP contribution in [0.25, 0.3) is 0 Å². The van der Waals surface area contributed by atoms with E-state index in [0.717, 1.165) is 25.7 Å². The van der Waals surface area contributed by atoms with Crippen molar-refractivity contribution in [3.8, 4) is 0 Å². The number of nitrogens with two attached hydrogens (primary N) is 1. The van der Waals surface area contributed by atoms with Crippen LogP contribution in [0.15, 0.2) is 11.6 Å². The Morgan fingerprint density at radius 2 is 2.33 bits per heavy atom. The van der Waals surface area contributed by atoms with Gasteiger partial charge in [-0.25, -0.2) is 5.90 Å². The summed E-state index contributed by atoms with van der Waals surface area (Å²) >= 11 is 0. The van der Waals surface area contributed by atoms with Crippen LogP contribution in [0.4, 0.5) is 0 Å². The number of hydrogen-bond donors (Lipinski definition) is 2. The molecule has 3 aliphatic rings. The van der Waals surface area contributed by atoms with E-state index in [9.17, 15) is 9.90 Å². The Morgan fingerprint density at radius 1 is 1.57 bits per heavy atom. The number of ether oxygens (including phenoxy) is 2. The molecular formula is C15H23NO5. The average Bonchev–Trinajstić information content (AvgIpc) is 2.56. The molecule has 3 aliphatic carbocycles. The number of rotatable bonds is 5. The number of hydrogen-bond acceptors (Lipinski definition) is 6. The first-order chi connectivity index (χ1) is 9.88. The molecule has 2 saturated carbocycles. The number of esters is 1. The third-order valence-electron chi connectivity index (χ3n) is 5.24. The fourth-order valence-corrected chi connectivity index (χ4v) is 4.60. The van der Waals surface area contributed by atoms with Crippen LogP contribution >= 0.6 is 0 Å². The molecular weight excluding hydrogens is 274 g/mol. The number of carbonyl (C=O) groups excluding carboxylic acids is 1. The standard InChI is InChI=1S/C15H23NO5/c1-9(17)21-15-5-10-3-12(15)11(7-15)6-14(2,4-10)13(18)19-8-20-16/h6,10,12-13,18H,3-5,7-8,16H2,1-2H3. The van der Waals surface area contributed by atoms with Gasteiger partial charge in [-0.15, -0.1) is 0 Å². The minimum Gasteiger partial charge on any atom is -0.458 e. The zero-order valence-corrected chi connectivity index (χ0v) is 12.5. The second-order valence-electron chi connectivity index (χ2n) is 6.93. The molecule has 3 rings (SSSR count). The molecule has 21 heavy (non-hydrogen) atoms. The molecule has 2 fully saturated rings. The predicted molar refractivity (Wildman–Crippen MR) is 73.4 cm³/mol. The normalized spacial score (nSPS) is 41.8. The smallest absolute Gasteiger partial charge is 0.303 e. The van der Waals surface area contributed by atoms with Gasteiger partial charge in [-0.3, -0.25) is 9.63 Å². The van der Waals surface area contributed by atoms with E-state index in [-0.39, 0.29) is 18.4 Å². The summed E-state index contributed by atoms with van der Waals surface area (Å²) in [4.78, 5) is 15.7. The molecule has 0 amide bonds. The summed E-state index contributed by atoms with van der Waals surface area (Å²) < 4.78 is 10.8. The fraction of sp³-hybridized carbons (Fsp3) is 0.800. The van der Waals surface area contributed by atoms with Crippen LogP contribution in [0.5, 0.6) is 0 Å². The highest BCUT2D eigenvalue weighted by Crippen LogP contribution is 2.63. The number of aliphatic hydroxyl groups excluding tert-OH is 1. The molecule has 0 aliphatic heterocycles. The molecule has 0 aromatic carbocycles. The molecule has 6 nitrogen and oxygen atoms in total. The highest BCUT2D eigenvalue weighted by molar-refractivity contribution is 5.67. The Balaban J connectivity index is 1.79. The van der Waals surface area contributed by atoms with Crippen LogP contribution in [0.3, 0.4) is 0 Å². The molecule has 0 saturated heterocycles. The van der Waals surface area contributed by atoms with Gasteiger partial charge >= 0.3 is 5.97 Å². The quantitative estimate of drug-likeness (QED) is 0.343. The predicted octanol–water partition coefficient (Wildman–Crippen LogP) is 1.24. The van der Waals surface area contributed by atoms with Crippen LogP contribution in [-0.4, -0.2) is 29.8 Å². The highest BCUT2D eigenvalue weighted by Gasteiger charge is 2.62. The van der Waals surface area contributed by atoms with Crippen LogP contribution in [-0.2, 0) is 19.1 Å². The molecule has 0 spiro atoms. The van der Waals surface area contributed by atoms with Crippen molar-refractivity contribution in [1.29, 1.82) is 0 Å². The second kappa shape index (κ2) is 5.05. The summed E-state index contributed by atoms with van der Waals surface area (Å²) in [7, 11) is 0. The van der Waals surface area contributed by atoms with Crippen molar-refractivity contribution in [3.63, 3.8) is 0 Å². The van der Waals surface area contributed by atoms with E-state index >= 15 is 0 Å². The fourth-order valence-electron chi connectivity index (χ4n) is 4.60. The van der Waals surface area contributed by atoms with Gasteiger partial charge < -0.3 is 14.6 Å². The molecule has 3 N–H and O–H groups in total. The Labute approximate surface area is 124 Å². The first-order valence-corrected chi connectivity index (χ1v) is 7.41. The Morgan fingerprint density at radius 3 is 3.00 bits per heavy atom. The van der Waals surface area contributed by atoms with Gasteiger partial charge in [0.1, 0.15) is 5.60 Å². The van der Waals surface area contributed by atoms with E-state index in [1.165, 1.54) is 12.5 Å². The van der Waals surface area contributed by atoms with E-state index < -0.39 is 11.7 Å². The monoisotopic (exact) mass is 297 g/mol. The van der Waals surface area contributed by atoms with Crippen LogP contribution in [0.2, 0.25) is 0 Å². The van der Waals surface area contributed by atoms with Gasteiger partial charge in [-0.05, 0) is 25.2 Å². The Kier molecular flexibility index (Phi) is 3.60. The van der Waals surface area contributed by atoms with Gasteiger partial charge in [-0.1, -0.05) is 18.6 Å². The average molecular weight is 297 g/mol. The Bertz CT molecular complexity index is 479. The maximum atomic E-state index is 11.3. The van der Waals surface area contributed by atoms with Crippen LogP contribution in [0, 0.1) is 17.3 Å². The summed E-state index contributed by atoms with van der Waals surface area (Å²) in [6.45, 7) is 3.33. The summed E-state index contributed by atoms with van der Waals surface area (Å²) in [5, 5.41) is 10.3. The first kappa shape index (κ1) is 15.0. The van der Waals surface area contributed by atoms with Crippen molar-refractivity contribution >= 4 is 5.97 Å². The van der Waals surface area contributed by atoms with Gasteiger partial charge in [0, 0.05) is 24.7 Å². The maximum Gasteiger partial charge on any atom is 0.303 e. The number of fused-ring (bicyclic) bond motifs is 1. The molecule has 0 aromatic rings. The third-order valence-corrected chi connectivity index (χ3v) is 5.24. The SMILES string of the molecule is CC(=O)OC12CC3=CC(C)(C(O)OCON)CC(CC31)C2. The van der Waals surface area contributed by atoms with Gasteiger partial charge in [0.25, 0.3) is 0 Å². The van der Waals surface area contributed by atoms with Crippen LogP contribution < -0.4 is 5.90 Å². The molecule has 6 heteroatoms. The third kappa shape index (κ3) is 2.40. The molecule has 5 atom stereocenters. The van der Waals surface area contributed by atoms with E-state index in [1.54, 1.807) is 0 Å². The minimum atomic E-state index is -0.948.